The zero-order valence-electron chi connectivity index (χ0n) is 12.5. The lowest BCUT2D eigenvalue weighted by Crippen LogP contribution is -2.33. The Kier molecular flexibility index (Phi) is 5.60. The van der Waals surface area contributed by atoms with Crippen LogP contribution >= 0.6 is 0 Å². The van der Waals surface area contributed by atoms with Crippen molar-refractivity contribution in [3.63, 3.8) is 0 Å². The van der Waals surface area contributed by atoms with Crippen molar-refractivity contribution in [2.75, 3.05) is 6.54 Å². The van der Waals surface area contributed by atoms with Crippen LogP contribution in [0.15, 0.2) is 54.7 Å². The van der Waals surface area contributed by atoms with Crippen LogP contribution in [0, 0.1) is 6.92 Å². The number of urea groups is 1. The topological polar surface area (TPSA) is 61.4 Å². The van der Waals surface area contributed by atoms with E-state index in [9.17, 15) is 9.90 Å². The number of benzene rings is 2. The first-order chi connectivity index (χ1) is 10.6. The van der Waals surface area contributed by atoms with Crippen LogP contribution in [-0.4, -0.2) is 17.7 Å². The zero-order valence-corrected chi connectivity index (χ0v) is 12.5. The van der Waals surface area contributed by atoms with Gasteiger partial charge in [-0.2, -0.15) is 0 Å². The minimum Gasteiger partial charge on any atom is -0.508 e. The van der Waals surface area contributed by atoms with Crippen LogP contribution in [0.3, 0.4) is 0 Å². The normalized spacial score (nSPS) is 10.6. The van der Waals surface area contributed by atoms with Gasteiger partial charge >= 0.3 is 6.03 Å². The summed E-state index contributed by atoms with van der Waals surface area (Å²) in [5, 5.41) is 14.6. The Morgan fingerprint density at radius 3 is 2.68 bits per heavy atom. The Morgan fingerprint density at radius 2 is 1.95 bits per heavy atom. The molecule has 22 heavy (non-hydrogen) atoms. The second-order valence-electron chi connectivity index (χ2n) is 5.06. The van der Waals surface area contributed by atoms with E-state index in [2.05, 4.69) is 10.6 Å². The van der Waals surface area contributed by atoms with Gasteiger partial charge in [0.2, 0.25) is 0 Å². The van der Waals surface area contributed by atoms with Gasteiger partial charge in [0, 0.05) is 12.7 Å². The summed E-state index contributed by atoms with van der Waals surface area (Å²) >= 11 is 0. The van der Waals surface area contributed by atoms with Gasteiger partial charge in [0.15, 0.2) is 0 Å². The Labute approximate surface area is 130 Å². The van der Waals surface area contributed by atoms with E-state index in [0.29, 0.717) is 6.54 Å². The number of amides is 2. The molecule has 0 aliphatic rings. The predicted octanol–water partition coefficient (Wildman–Crippen LogP) is 3.21. The summed E-state index contributed by atoms with van der Waals surface area (Å²) in [6.07, 6.45) is 4.20. The maximum atomic E-state index is 11.6. The summed E-state index contributed by atoms with van der Waals surface area (Å²) in [6, 6.07) is 14.8. The van der Waals surface area contributed by atoms with E-state index in [1.165, 1.54) is 5.56 Å². The third-order valence-corrected chi connectivity index (χ3v) is 3.17. The van der Waals surface area contributed by atoms with Gasteiger partial charge in [-0.15, -0.1) is 0 Å². The van der Waals surface area contributed by atoms with E-state index in [1.54, 1.807) is 18.3 Å². The number of nitrogens with one attached hydrogen (secondary N) is 2. The number of hydrogen-bond donors (Lipinski definition) is 3. The first-order valence-electron chi connectivity index (χ1n) is 7.19. The highest BCUT2D eigenvalue weighted by Gasteiger charge is 1.98. The van der Waals surface area contributed by atoms with Gasteiger partial charge in [-0.3, -0.25) is 0 Å². The number of aryl methyl sites for hydroxylation is 1. The highest BCUT2D eigenvalue weighted by atomic mass is 16.3. The molecule has 0 atom stereocenters. The van der Waals surface area contributed by atoms with Crippen molar-refractivity contribution in [1.29, 1.82) is 0 Å². The van der Waals surface area contributed by atoms with Crippen LogP contribution in [-0.2, 0) is 6.42 Å². The molecule has 0 aliphatic heterocycles. The summed E-state index contributed by atoms with van der Waals surface area (Å²) in [5.74, 6) is 0.246. The molecule has 4 nitrogen and oxygen atoms in total. The standard InChI is InChI=1S/C18H20N2O2/c1-14-3-2-4-16(13-14)10-12-20-18(22)19-11-9-15-5-7-17(21)8-6-15/h2-8,10,12-13,21H,9,11H2,1H3,(H2,19,20,22)/b12-10+. The number of rotatable bonds is 5. The zero-order chi connectivity index (χ0) is 15.8. The Hall–Kier alpha value is -2.75. The van der Waals surface area contributed by atoms with Crippen molar-refractivity contribution in [2.24, 2.45) is 0 Å². The molecule has 0 radical (unpaired) electrons. The van der Waals surface area contributed by atoms with Gasteiger partial charge in [0.05, 0.1) is 0 Å². The van der Waals surface area contributed by atoms with Gasteiger partial charge in [0.25, 0.3) is 0 Å². The first kappa shape index (κ1) is 15.6. The summed E-state index contributed by atoms with van der Waals surface area (Å²) < 4.78 is 0. The fraction of sp³-hybridized carbons (Fsp3) is 0.167. The van der Waals surface area contributed by atoms with E-state index in [-0.39, 0.29) is 11.8 Å². The van der Waals surface area contributed by atoms with Crippen molar-refractivity contribution in [3.05, 3.63) is 71.4 Å². The lowest BCUT2D eigenvalue weighted by Gasteiger charge is -2.05. The second kappa shape index (κ2) is 7.88. The molecule has 0 saturated heterocycles. The van der Waals surface area contributed by atoms with Gasteiger partial charge in [0.1, 0.15) is 5.75 Å². The highest BCUT2D eigenvalue weighted by molar-refractivity contribution is 5.75. The molecule has 0 spiro atoms. The van der Waals surface area contributed by atoms with E-state index in [4.69, 9.17) is 0 Å². The van der Waals surface area contributed by atoms with Crippen LogP contribution in [0.2, 0.25) is 0 Å². The SMILES string of the molecule is Cc1cccc(/C=C/NC(=O)NCCc2ccc(O)cc2)c1. The molecule has 2 rings (SSSR count). The quantitative estimate of drug-likeness (QED) is 0.793. The molecule has 114 valence electrons. The van der Waals surface area contributed by atoms with E-state index in [1.807, 2.05) is 49.4 Å². The molecular weight excluding hydrogens is 276 g/mol. The van der Waals surface area contributed by atoms with E-state index in [0.717, 1.165) is 17.5 Å². The van der Waals surface area contributed by atoms with E-state index >= 15 is 0 Å². The molecule has 0 fully saturated rings. The van der Waals surface area contributed by atoms with Crippen LogP contribution in [0.1, 0.15) is 16.7 Å². The summed E-state index contributed by atoms with van der Waals surface area (Å²) in [5.41, 5.74) is 3.29. The lowest BCUT2D eigenvalue weighted by molar-refractivity contribution is 0.244. The Morgan fingerprint density at radius 1 is 1.18 bits per heavy atom. The lowest BCUT2D eigenvalue weighted by atomic mass is 10.1. The minimum absolute atomic E-state index is 0.234. The molecule has 2 amide bonds. The van der Waals surface area contributed by atoms with Crippen LogP contribution in [0.4, 0.5) is 4.79 Å². The molecule has 0 heterocycles. The van der Waals surface area contributed by atoms with Gasteiger partial charge in [-0.25, -0.2) is 4.79 Å². The van der Waals surface area contributed by atoms with Crippen LogP contribution < -0.4 is 10.6 Å². The third-order valence-electron chi connectivity index (χ3n) is 3.17. The monoisotopic (exact) mass is 296 g/mol. The summed E-state index contributed by atoms with van der Waals surface area (Å²) in [6.45, 7) is 2.57. The highest BCUT2D eigenvalue weighted by Crippen LogP contribution is 2.09. The van der Waals surface area contributed by atoms with Crippen molar-refractivity contribution in [3.8, 4) is 5.75 Å². The van der Waals surface area contributed by atoms with Crippen LogP contribution in [0.25, 0.3) is 6.08 Å². The molecule has 0 bridgehead atoms. The fourth-order valence-electron chi connectivity index (χ4n) is 2.02. The maximum absolute atomic E-state index is 11.6. The van der Waals surface area contributed by atoms with Crippen molar-refractivity contribution in [2.45, 2.75) is 13.3 Å². The second-order valence-corrected chi connectivity index (χ2v) is 5.06. The molecular formula is C18H20N2O2. The maximum Gasteiger partial charge on any atom is 0.318 e. The van der Waals surface area contributed by atoms with E-state index < -0.39 is 0 Å². The first-order valence-corrected chi connectivity index (χ1v) is 7.19. The smallest absolute Gasteiger partial charge is 0.318 e. The molecule has 0 saturated carbocycles. The third kappa shape index (κ3) is 5.32. The number of hydrogen-bond acceptors (Lipinski definition) is 2. The minimum atomic E-state index is -0.234. The summed E-state index contributed by atoms with van der Waals surface area (Å²) in [7, 11) is 0. The molecule has 0 aromatic heterocycles. The number of carbonyl (C=O) groups excluding carboxylic acids is 1. The van der Waals surface area contributed by atoms with Crippen molar-refractivity contribution >= 4 is 12.1 Å². The fourth-order valence-corrected chi connectivity index (χ4v) is 2.02. The van der Waals surface area contributed by atoms with Gasteiger partial charge in [-0.1, -0.05) is 42.0 Å². The van der Waals surface area contributed by atoms with Gasteiger partial charge in [-0.05, 0) is 42.7 Å². The number of aromatic hydroxyl groups is 1. The Bertz CT molecular complexity index is 648. The number of phenols is 1. The molecule has 2 aromatic rings. The molecule has 0 aliphatic carbocycles. The average Bonchev–Trinajstić information content (AvgIpc) is 2.49. The largest absolute Gasteiger partial charge is 0.508 e. The molecule has 2 aromatic carbocycles. The predicted molar refractivity (Wildman–Crippen MR) is 88.6 cm³/mol. The van der Waals surface area contributed by atoms with Crippen molar-refractivity contribution in [1.82, 2.24) is 10.6 Å². The average molecular weight is 296 g/mol. The molecule has 3 N–H and O–H groups in total. The van der Waals surface area contributed by atoms with Crippen LogP contribution in [0.5, 0.6) is 5.75 Å². The van der Waals surface area contributed by atoms with Gasteiger partial charge < -0.3 is 15.7 Å². The number of carbonyl (C=O) groups is 1. The number of phenolic OH excluding ortho intramolecular Hbond substituents is 1. The molecule has 4 heteroatoms. The summed E-state index contributed by atoms with van der Waals surface area (Å²) in [4.78, 5) is 11.6. The molecule has 0 unspecified atom stereocenters. The van der Waals surface area contributed by atoms with Crippen molar-refractivity contribution < 1.29 is 9.90 Å². The Balaban J connectivity index is 1.70.